The molecule has 7 aromatic rings. The molecular formula is C65H75ClN4. The van der Waals surface area contributed by atoms with Crippen LogP contribution in [0.25, 0.3) is 27.5 Å². The Hall–Kier alpha value is -5.50. The van der Waals surface area contributed by atoms with Gasteiger partial charge in [0, 0.05) is 22.1 Å². The second kappa shape index (κ2) is 15.5. The molecule has 10 rings (SSSR count). The van der Waals surface area contributed by atoms with Gasteiger partial charge in [-0.15, -0.1) is 0 Å². The molecule has 0 saturated heterocycles. The number of benzene rings is 6. The zero-order valence-corrected chi connectivity index (χ0v) is 46.0. The van der Waals surface area contributed by atoms with Crippen molar-refractivity contribution in [2.45, 2.75) is 181 Å². The third-order valence-corrected chi connectivity index (χ3v) is 17.4. The molecule has 1 aromatic heterocycles. The van der Waals surface area contributed by atoms with Gasteiger partial charge < -0.3 is 14.4 Å². The molecule has 2 aliphatic carbocycles. The predicted molar refractivity (Wildman–Crippen MR) is 300 cm³/mol. The van der Waals surface area contributed by atoms with E-state index in [4.69, 9.17) is 11.6 Å². The average molecular weight is 948 g/mol. The molecule has 0 N–H and O–H groups in total. The summed E-state index contributed by atoms with van der Waals surface area (Å²) in [4.78, 5) is 4.74. The number of nitriles is 1. The van der Waals surface area contributed by atoms with Crippen LogP contribution in [0, 0.1) is 11.3 Å². The first-order valence-electron chi connectivity index (χ1n) is 25.9. The summed E-state index contributed by atoms with van der Waals surface area (Å²) in [7, 11) is 0. The smallest absolute Gasteiger partial charge is 0.0993 e. The maximum atomic E-state index is 11.2. The number of halogens is 1. The van der Waals surface area contributed by atoms with Crippen molar-refractivity contribution in [3.63, 3.8) is 0 Å². The van der Waals surface area contributed by atoms with Crippen LogP contribution < -0.4 is 9.80 Å². The fourth-order valence-electron chi connectivity index (χ4n) is 12.0. The summed E-state index contributed by atoms with van der Waals surface area (Å²) in [6.07, 6.45) is 4.49. The molecule has 0 fully saturated rings. The van der Waals surface area contributed by atoms with E-state index in [1.165, 1.54) is 55.2 Å². The second-order valence-corrected chi connectivity index (χ2v) is 27.4. The topological polar surface area (TPSA) is 35.2 Å². The predicted octanol–water partition coefficient (Wildman–Crippen LogP) is 19.2. The molecule has 0 unspecified atom stereocenters. The molecule has 0 spiro atoms. The van der Waals surface area contributed by atoms with Crippen LogP contribution in [0.3, 0.4) is 0 Å². The Morgan fingerprint density at radius 1 is 0.486 bits per heavy atom. The van der Waals surface area contributed by atoms with Gasteiger partial charge in [-0.3, -0.25) is 0 Å². The second-order valence-electron chi connectivity index (χ2n) is 27.0. The molecule has 6 aromatic carbocycles. The molecule has 0 atom stereocenters. The number of nitrogens with zero attached hydrogens (tertiary/aromatic N) is 4. The molecule has 4 nitrogen and oxygen atoms in total. The molecule has 362 valence electrons. The third kappa shape index (κ3) is 7.59. The highest BCUT2D eigenvalue weighted by Crippen LogP contribution is 2.57. The van der Waals surface area contributed by atoms with Crippen molar-refractivity contribution in [3.8, 4) is 11.8 Å². The van der Waals surface area contributed by atoms with Gasteiger partial charge in [0.15, 0.2) is 0 Å². The number of hydrogen-bond donors (Lipinski definition) is 0. The van der Waals surface area contributed by atoms with Crippen molar-refractivity contribution in [2.75, 3.05) is 9.80 Å². The zero-order valence-electron chi connectivity index (χ0n) is 45.2. The van der Waals surface area contributed by atoms with Crippen molar-refractivity contribution in [3.05, 3.63) is 147 Å². The van der Waals surface area contributed by atoms with Crippen LogP contribution in [0.2, 0.25) is 5.02 Å². The first-order valence-corrected chi connectivity index (χ1v) is 26.2. The molecule has 0 amide bonds. The largest absolute Gasteiger partial charge is 0.309 e. The molecular weight excluding hydrogens is 872 g/mol. The average Bonchev–Trinajstić information content (AvgIpc) is 3.61. The summed E-state index contributed by atoms with van der Waals surface area (Å²) in [5.74, 6) is 0. The van der Waals surface area contributed by atoms with E-state index in [1.54, 1.807) is 0 Å². The van der Waals surface area contributed by atoms with Gasteiger partial charge in [-0.25, -0.2) is 0 Å². The Kier molecular flexibility index (Phi) is 10.7. The maximum Gasteiger partial charge on any atom is 0.0993 e. The first-order chi connectivity index (χ1) is 32.4. The SMILES string of the molecule is CC(C)(C)c1ccc2c(c1)-n1c3ccc(C(C)(C)C)cc3c3cc(C(C)(C)C)cc(c31)N2c1cc(C#N)cc(N(c2ccc3c(c2)C(C)(C)CCC3(C)C)c2ccc3c(c2)C(C)(C)CCC3(C)C)c1Cl. The highest BCUT2D eigenvalue weighted by Gasteiger charge is 2.41. The lowest BCUT2D eigenvalue weighted by atomic mass is 9.63. The standard InChI is InChI=1S/C65H75ClN4/c1-59(2,3)40-18-24-51-45(32-40)46-33-42(61(7,8)9)35-56-58(46)70(51)53-34-41(60(4,5)6)19-25-52(53)69(56)55-31-39(38-67)30-54(57(55)66)68(43-20-22-47-49(36-43)64(14,15)28-26-62(47,10)11)44-21-23-48-50(37-44)65(16,17)29-27-63(48,12)13/h18-25,30-37H,26-29H2,1-17H3. The molecule has 3 aliphatic rings. The Labute approximate surface area is 424 Å². The van der Waals surface area contributed by atoms with Crippen LogP contribution in [-0.2, 0) is 37.9 Å². The fourth-order valence-corrected chi connectivity index (χ4v) is 12.3. The lowest BCUT2D eigenvalue weighted by molar-refractivity contribution is 0.332. The zero-order chi connectivity index (χ0) is 50.6. The van der Waals surface area contributed by atoms with Gasteiger partial charge in [0.2, 0.25) is 0 Å². The van der Waals surface area contributed by atoms with Gasteiger partial charge in [0.05, 0.1) is 56.1 Å². The summed E-state index contributed by atoms with van der Waals surface area (Å²) in [6, 6.07) is 39.8. The minimum absolute atomic E-state index is 0.0170. The molecule has 2 heterocycles. The van der Waals surface area contributed by atoms with Crippen LogP contribution in [0.4, 0.5) is 34.1 Å². The van der Waals surface area contributed by atoms with Crippen LogP contribution in [-0.4, -0.2) is 4.57 Å². The van der Waals surface area contributed by atoms with Gasteiger partial charge in [-0.2, -0.15) is 5.26 Å². The Bertz CT molecular complexity index is 3280. The van der Waals surface area contributed by atoms with Gasteiger partial charge in [-0.05, 0) is 175 Å². The number of anilines is 6. The molecule has 0 saturated carbocycles. The fraction of sp³-hybridized carbons (Fsp3) is 0.431. The molecule has 1 aliphatic heterocycles. The van der Waals surface area contributed by atoms with E-state index in [2.05, 4.69) is 223 Å². The van der Waals surface area contributed by atoms with Gasteiger partial charge in [0.25, 0.3) is 0 Å². The first kappa shape index (κ1) is 48.1. The third-order valence-electron chi connectivity index (χ3n) is 17.0. The van der Waals surface area contributed by atoms with Crippen molar-refractivity contribution in [2.24, 2.45) is 0 Å². The number of aromatic nitrogens is 1. The van der Waals surface area contributed by atoms with E-state index < -0.39 is 0 Å². The summed E-state index contributed by atoms with van der Waals surface area (Å²) >= 11 is 8.27. The normalized spacial score (nSPS) is 17.8. The van der Waals surface area contributed by atoms with E-state index in [0.717, 1.165) is 71.0 Å². The van der Waals surface area contributed by atoms with Gasteiger partial charge >= 0.3 is 0 Å². The van der Waals surface area contributed by atoms with Gasteiger partial charge in [-0.1, -0.05) is 154 Å². The lowest BCUT2D eigenvalue weighted by Crippen LogP contribution is -2.34. The molecule has 0 bridgehead atoms. The van der Waals surface area contributed by atoms with E-state index in [0.29, 0.717) is 10.6 Å². The van der Waals surface area contributed by atoms with Crippen molar-refractivity contribution in [1.82, 2.24) is 4.57 Å². The van der Waals surface area contributed by atoms with Crippen molar-refractivity contribution < 1.29 is 0 Å². The van der Waals surface area contributed by atoms with E-state index in [9.17, 15) is 5.26 Å². The summed E-state index contributed by atoms with van der Waals surface area (Å²) in [6.45, 7) is 39.8. The number of hydrogen-bond acceptors (Lipinski definition) is 3. The van der Waals surface area contributed by atoms with Crippen LogP contribution in [0.5, 0.6) is 0 Å². The van der Waals surface area contributed by atoms with E-state index in [-0.39, 0.29) is 37.9 Å². The highest BCUT2D eigenvalue weighted by molar-refractivity contribution is 6.37. The minimum Gasteiger partial charge on any atom is -0.309 e. The minimum atomic E-state index is -0.160. The van der Waals surface area contributed by atoms with Gasteiger partial charge in [0.1, 0.15) is 0 Å². The van der Waals surface area contributed by atoms with Crippen LogP contribution >= 0.6 is 11.6 Å². The molecule has 5 heteroatoms. The lowest BCUT2D eigenvalue weighted by Gasteiger charge is -2.43. The van der Waals surface area contributed by atoms with Crippen molar-refractivity contribution in [1.29, 1.82) is 5.26 Å². The monoisotopic (exact) mass is 947 g/mol. The van der Waals surface area contributed by atoms with Crippen LogP contribution in [0.15, 0.2) is 97.1 Å². The maximum absolute atomic E-state index is 11.2. The van der Waals surface area contributed by atoms with E-state index >= 15 is 0 Å². The Balaban J connectivity index is 1.31. The summed E-state index contributed by atoms with van der Waals surface area (Å²) in [5, 5.41) is 14.3. The molecule has 0 radical (unpaired) electrons. The Morgan fingerprint density at radius 3 is 1.47 bits per heavy atom. The Morgan fingerprint density at radius 2 is 0.957 bits per heavy atom. The van der Waals surface area contributed by atoms with Crippen LogP contribution in [0.1, 0.15) is 188 Å². The summed E-state index contributed by atoms with van der Waals surface area (Å²) in [5.41, 5.74) is 18.9. The van der Waals surface area contributed by atoms with E-state index in [1.807, 2.05) is 12.1 Å². The highest BCUT2D eigenvalue weighted by atomic mass is 35.5. The van der Waals surface area contributed by atoms with Crippen molar-refractivity contribution >= 4 is 67.5 Å². The quantitative estimate of drug-likeness (QED) is 0.176. The number of fused-ring (bicyclic) bond motifs is 7. The summed E-state index contributed by atoms with van der Waals surface area (Å²) < 4.78 is 2.50. The molecule has 70 heavy (non-hydrogen) atoms. The number of rotatable bonds is 4.